The highest BCUT2D eigenvalue weighted by molar-refractivity contribution is 6.44. The molecule has 1 amide bonds. The Kier molecular flexibility index (Phi) is 7.65. The maximum Gasteiger partial charge on any atom is 0.335 e. The van der Waals surface area contributed by atoms with Gasteiger partial charge in [0.15, 0.2) is 0 Å². The number of hydrogen-bond acceptors (Lipinski definition) is 6. The van der Waals surface area contributed by atoms with Gasteiger partial charge in [0.2, 0.25) is 0 Å². The van der Waals surface area contributed by atoms with Crippen molar-refractivity contribution in [3.63, 3.8) is 0 Å². The summed E-state index contributed by atoms with van der Waals surface area (Å²) in [5.41, 5.74) is 7.19. The number of anilines is 2. The van der Waals surface area contributed by atoms with Crippen LogP contribution in [0, 0.1) is 13.8 Å². The van der Waals surface area contributed by atoms with E-state index in [1.165, 1.54) is 12.1 Å². The maximum absolute atomic E-state index is 13.0. The molecule has 0 bridgehead atoms. The van der Waals surface area contributed by atoms with Gasteiger partial charge in [0, 0.05) is 11.3 Å². The number of carbonyl (C=O) groups excluding carboxylic acids is 1. The molecule has 0 radical (unpaired) electrons. The van der Waals surface area contributed by atoms with E-state index < -0.39 is 5.97 Å². The summed E-state index contributed by atoms with van der Waals surface area (Å²) in [5.74, 6) is -1.55. The molecule has 0 saturated heterocycles. The highest BCUT2D eigenvalue weighted by Crippen LogP contribution is 2.35. The predicted molar refractivity (Wildman–Crippen MR) is 135 cm³/mol. The maximum atomic E-state index is 13.0. The molecule has 8 heteroatoms. The van der Waals surface area contributed by atoms with Gasteiger partial charge in [-0.05, 0) is 74.8 Å². The van der Waals surface area contributed by atoms with Crippen LogP contribution in [0.1, 0.15) is 28.4 Å². The highest BCUT2D eigenvalue weighted by Gasteiger charge is 2.19. The number of aromatic hydroxyl groups is 1. The highest BCUT2D eigenvalue weighted by atomic mass is 16.4. The van der Waals surface area contributed by atoms with Crippen molar-refractivity contribution in [2.45, 2.75) is 26.8 Å². The number of nitrogens with zero attached hydrogens (tertiary/aromatic N) is 1. The molecule has 0 spiro atoms. The molecular weight excluding hydrogens is 432 g/mol. The van der Waals surface area contributed by atoms with Crippen molar-refractivity contribution >= 4 is 29.0 Å². The number of hydrogen-bond donors (Lipinski definition) is 5. The fraction of sp³-hybridized carbons (Fsp3) is 0.192. The minimum Gasteiger partial charge on any atom is -0.505 e. The first-order valence-electron chi connectivity index (χ1n) is 10.8. The number of benzene rings is 3. The lowest BCUT2D eigenvalue weighted by atomic mass is 10.0. The van der Waals surface area contributed by atoms with E-state index in [0.717, 1.165) is 11.1 Å². The lowest BCUT2D eigenvalue weighted by molar-refractivity contribution is -0.110. The number of carboxylic acids is 1. The second-order valence-electron chi connectivity index (χ2n) is 7.96. The van der Waals surface area contributed by atoms with Crippen LogP contribution in [-0.4, -0.2) is 40.9 Å². The van der Waals surface area contributed by atoms with Crippen LogP contribution in [0.2, 0.25) is 0 Å². The van der Waals surface area contributed by atoms with Gasteiger partial charge < -0.3 is 20.8 Å². The summed E-state index contributed by atoms with van der Waals surface area (Å²) in [6, 6.07) is 16.6. The van der Waals surface area contributed by atoms with Crippen LogP contribution in [0.25, 0.3) is 11.1 Å². The summed E-state index contributed by atoms with van der Waals surface area (Å²) in [6.45, 7) is 5.77. The first-order chi connectivity index (χ1) is 16.2. The molecule has 8 nitrogen and oxygen atoms in total. The van der Waals surface area contributed by atoms with Gasteiger partial charge in [-0.2, -0.15) is 5.10 Å². The molecule has 0 aliphatic carbocycles. The number of hydrazone groups is 1. The molecule has 1 unspecified atom stereocenters. The van der Waals surface area contributed by atoms with Crippen LogP contribution in [-0.2, 0) is 4.79 Å². The quantitative estimate of drug-likeness (QED) is 0.193. The number of nitrogens with one attached hydrogen (secondary N) is 3. The van der Waals surface area contributed by atoms with Gasteiger partial charge >= 0.3 is 5.97 Å². The Balaban J connectivity index is 1.89. The molecule has 0 aliphatic rings. The van der Waals surface area contributed by atoms with Crippen molar-refractivity contribution in [2.75, 3.05) is 17.8 Å². The van der Waals surface area contributed by atoms with Gasteiger partial charge in [0.1, 0.15) is 11.5 Å². The topological polar surface area (TPSA) is 123 Å². The van der Waals surface area contributed by atoms with Gasteiger partial charge in [-0.1, -0.05) is 30.3 Å². The first kappa shape index (κ1) is 24.5. The largest absolute Gasteiger partial charge is 0.505 e. The smallest absolute Gasteiger partial charge is 0.335 e. The van der Waals surface area contributed by atoms with E-state index in [1.807, 2.05) is 32.0 Å². The van der Waals surface area contributed by atoms with E-state index in [4.69, 9.17) is 0 Å². The van der Waals surface area contributed by atoms with Crippen molar-refractivity contribution in [1.82, 2.24) is 5.32 Å². The summed E-state index contributed by atoms with van der Waals surface area (Å²) in [7, 11) is 1.72. The molecule has 0 fully saturated rings. The van der Waals surface area contributed by atoms with Gasteiger partial charge in [-0.25, -0.2) is 4.79 Å². The fourth-order valence-electron chi connectivity index (χ4n) is 3.30. The Bertz CT molecular complexity index is 1250. The number of carbonyl (C=O) groups is 2. The normalized spacial score (nSPS) is 12.2. The molecule has 5 N–H and O–H groups in total. The average Bonchev–Trinajstić information content (AvgIpc) is 2.82. The third kappa shape index (κ3) is 5.60. The zero-order chi connectivity index (χ0) is 24.8. The molecule has 176 valence electrons. The SMILES string of the molecule is CNC(C)/C(=N/Nc1cccc(-c2cccc(C(=O)O)c2)c1O)C(=O)Nc1ccc(C)c(C)c1. The van der Waals surface area contributed by atoms with Gasteiger partial charge in [-0.3, -0.25) is 10.2 Å². The van der Waals surface area contributed by atoms with Crippen LogP contribution in [0.3, 0.4) is 0 Å². The molecule has 0 saturated carbocycles. The molecule has 0 heterocycles. The molecular formula is C26H28N4O4. The minimum absolute atomic E-state index is 0.111. The summed E-state index contributed by atoms with van der Waals surface area (Å²) in [5, 5.41) is 30.2. The monoisotopic (exact) mass is 460 g/mol. The van der Waals surface area contributed by atoms with Crippen molar-refractivity contribution in [2.24, 2.45) is 5.10 Å². The molecule has 0 aliphatic heterocycles. The Morgan fingerprint density at radius 2 is 1.71 bits per heavy atom. The lowest BCUT2D eigenvalue weighted by Gasteiger charge is -2.16. The number of phenols is 1. The van der Waals surface area contributed by atoms with Crippen molar-refractivity contribution < 1.29 is 19.8 Å². The average molecular weight is 461 g/mol. The van der Waals surface area contributed by atoms with Crippen LogP contribution in [0.5, 0.6) is 5.75 Å². The zero-order valence-corrected chi connectivity index (χ0v) is 19.5. The van der Waals surface area contributed by atoms with Crippen molar-refractivity contribution in [3.8, 4) is 16.9 Å². The summed E-state index contributed by atoms with van der Waals surface area (Å²) in [6.07, 6.45) is 0. The number of aromatic carboxylic acids is 1. The van der Waals surface area contributed by atoms with Crippen molar-refractivity contribution in [1.29, 1.82) is 0 Å². The number of rotatable bonds is 8. The zero-order valence-electron chi connectivity index (χ0n) is 19.5. The molecule has 0 aromatic heterocycles. The second kappa shape index (κ2) is 10.6. The third-order valence-electron chi connectivity index (χ3n) is 5.59. The molecule has 34 heavy (non-hydrogen) atoms. The van der Waals surface area contributed by atoms with Gasteiger partial charge in [0.25, 0.3) is 5.91 Å². The van der Waals surface area contributed by atoms with Crippen LogP contribution < -0.4 is 16.1 Å². The van der Waals surface area contributed by atoms with Crippen LogP contribution in [0.4, 0.5) is 11.4 Å². The number of aryl methyl sites for hydroxylation is 2. The third-order valence-corrected chi connectivity index (χ3v) is 5.59. The Labute approximate surface area is 198 Å². The Hall–Kier alpha value is -4.17. The number of amides is 1. The van der Waals surface area contributed by atoms with Crippen LogP contribution in [0.15, 0.2) is 65.8 Å². The Morgan fingerprint density at radius 1 is 0.971 bits per heavy atom. The van der Waals surface area contributed by atoms with E-state index >= 15 is 0 Å². The molecule has 3 aromatic carbocycles. The molecule has 1 atom stereocenters. The fourth-order valence-corrected chi connectivity index (χ4v) is 3.30. The number of carboxylic acid groups (broad SMARTS) is 1. The molecule has 3 rings (SSSR count). The molecule has 3 aromatic rings. The number of para-hydroxylation sites is 1. The standard InChI is InChI=1S/C26H28N4O4/c1-15-11-12-20(13-16(15)2)28-25(32)23(17(3)27-4)30-29-22-10-6-9-21(24(22)31)18-7-5-8-19(14-18)26(33)34/h5-14,17,27,29,31H,1-4H3,(H,28,32)(H,33,34)/b30-23-. The van der Waals surface area contributed by atoms with E-state index in [1.54, 1.807) is 44.3 Å². The number of phenolic OH excluding ortho intramolecular Hbond substituents is 1. The Morgan fingerprint density at radius 3 is 2.38 bits per heavy atom. The van der Waals surface area contributed by atoms with E-state index in [0.29, 0.717) is 16.8 Å². The second-order valence-corrected chi connectivity index (χ2v) is 7.96. The van der Waals surface area contributed by atoms with E-state index in [9.17, 15) is 19.8 Å². The summed E-state index contributed by atoms with van der Waals surface area (Å²) < 4.78 is 0. The predicted octanol–water partition coefficient (Wildman–Crippen LogP) is 4.39. The lowest BCUT2D eigenvalue weighted by Crippen LogP contribution is -2.39. The van der Waals surface area contributed by atoms with E-state index in [-0.39, 0.29) is 34.7 Å². The van der Waals surface area contributed by atoms with Gasteiger partial charge in [-0.15, -0.1) is 0 Å². The summed E-state index contributed by atoms with van der Waals surface area (Å²) in [4.78, 5) is 24.3. The van der Waals surface area contributed by atoms with Crippen LogP contribution >= 0.6 is 0 Å². The van der Waals surface area contributed by atoms with Gasteiger partial charge in [0.05, 0.1) is 17.3 Å². The first-order valence-corrected chi connectivity index (χ1v) is 10.8. The van der Waals surface area contributed by atoms with Crippen molar-refractivity contribution in [3.05, 3.63) is 77.4 Å². The van der Waals surface area contributed by atoms with E-state index in [2.05, 4.69) is 21.2 Å². The minimum atomic E-state index is -1.05. The summed E-state index contributed by atoms with van der Waals surface area (Å²) >= 11 is 0.